The highest BCUT2D eigenvalue weighted by Gasteiger charge is 2.40. The molecule has 0 bridgehead atoms. The summed E-state index contributed by atoms with van der Waals surface area (Å²) >= 11 is 4.97. The largest absolute Gasteiger partial charge is 0.242 e. The Morgan fingerprint density at radius 2 is 1.96 bits per heavy atom. The van der Waals surface area contributed by atoms with E-state index < -0.39 is 26.0 Å². The number of nitrogens with zero attached hydrogens (tertiary/aromatic N) is 1. The molecule has 0 amide bonds. The SMILES string of the molecule is CC(CSC1(C#N)CCCC1)(NS(=O)C(C)(C)C)c1cc(Br)ccc1F. The second-order valence-electron chi connectivity index (χ2n) is 8.04. The highest BCUT2D eigenvalue weighted by molar-refractivity contribution is 9.10. The van der Waals surface area contributed by atoms with E-state index in [2.05, 4.69) is 26.7 Å². The molecule has 0 aliphatic heterocycles. The summed E-state index contributed by atoms with van der Waals surface area (Å²) in [6.45, 7) is 7.52. The summed E-state index contributed by atoms with van der Waals surface area (Å²) in [5, 5.41) is 9.66. The number of hydrogen-bond donors (Lipinski definition) is 1. The van der Waals surface area contributed by atoms with E-state index in [0.717, 1.165) is 30.2 Å². The molecule has 0 aromatic heterocycles. The molecule has 0 spiro atoms. The average Bonchev–Trinajstić information content (AvgIpc) is 3.04. The Kier molecular flexibility index (Phi) is 6.98. The summed E-state index contributed by atoms with van der Waals surface area (Å²) in [7, 11) is -1.37. The van der Waals surface area contributed by atoms with Crippen LogP contribution in [0.15, 0.2) is 22.7 Å². The summed E-state index contributed by atoms with van der Waals surface area (Å²) in [6, 6.07) is 7.27. The maximum absolute atomic E-state index is 14.7. The lowest BCUT2D eigenvalue weighted by atomic mass is 9.95. The Labute approximate surface area is 171 Å². The van der Waals surface area contributed by atoms with Gasteiger partial charge in [-0.05, 0) is 58.7 Å². The molecule has 2 unspecified atom stereocenters. The Balaban J connectivity index is 2.36. The van der Waals surface area contributed by atoms with Crippen LogP contribution in [0.3, 0.4) is 0 Å². The van der Waals surface area contributed by atoms with Crippen LogP contribution in [0.2, 0.25) is 0 Å². The smallest absolute Gasteiger partial charge is 0.128 e. The van der Waals surface area contributed by atoms with Gasteiger partial charge in [0, 0.05) is 15.8 Å². The summed E-state index contributed by atoms with van der Waals surface area (Å²) < 4.78 is 30.5. The molecule has 1 saturated carbocycles. The number of benzene rings is 1. The van der Waals surface area contributed by atoms with Gasteiger partial charge in [-0.2, -0.15) is 5.26 Å². The number of thioether (sulfide) groups is 1. The number of nitrogens with one attached hydrogen (secondary N) is 1. The van der Waals surface area contributed by atoms with Crippen molar-refractivity contribution < 1.29 is 8.60 Å². The number of nitriles is 1. The summed E-state index contributed by atoms with van der Waals surface area (Å²) in [6.07, 6.45) is 3.80. The molecule has 2 rings (SSSR count). The fourth-order valence-corrected chi connectivity index (χ4v) is 5.74. The first-order chi connectivity index (χ1) is 12.0. The maximum atomic E-state index is 14.7. The molecule has 0 saturated heterocycles. The van der Waals surface area contributed by atoms with Gasteiger partial charge in [0.05, 0.1) is 27.3 Å². The molecule has 7 heteroatoms. The zero-order valence-electron chi connectivity index (χ0n) is 15.7. The van der Waals surface area contributed by atoms with Gasteiger partial charge in [-0.3, -0.25) is 0 Å². The summed E-state index contributed by atoms with van der Waals surface area (Å²) in [5.74, 6) is 0.127. The van der Waals surface area contributed by atoms with Crippen molar-refractivity contribution >= 4 is 38.7 Å². The van der Waals surface area contributed by atoms with Crippen LogP contribution in [0.4, 0.5) is 4.39 Å². The predicted molar refractivity (Wildman–Crippen MR) is 112 cm³/mol. The molecule has 1 aliphatic carbocycles. The molecule has 1 aromatic carbocycles. The van der Waals surface area contributed by atoms with E-state index >= 15 is 0 Å². The monoisotopic (exact) mass is 460 g/mol. The average molecular weight is 461 g/mol. The Bertz CT molecular complexity index is 723. The fraction of sp³-hybridized carbons (Fsp3) is 0.632. The molecule has 0 radical (unpaired) electrons. The zero-order chi connectivity index (χ0) is 19.6. The first kappa shape index (κ1) is 21.9. The molecule has 3 nitrogen and oxygen atoms in total. The molecule has 2 atom stereocenters. The van der Waals surface area contributed by atoms with Gasteiger partial charge in [-0.25, -0.2) is 13.3 Å². The van der Waals surface area contributed by atoms with Crippen LogP contribution in [0.25, 0.3) is 0 Å². The van der Waals surface area contributed by atoms with E-state index in [0.29, 0.717) is 11.3 Å². The van der Waals surface area contributed by atoms with Gasteiger partial charge < -0.3 is 0 Å². The molecule has 0 heterocycles. The predicted octanol–water partition coefficient (Wildman–Crippen LogP) is 5.42. The number of hydrogen-bond acceptors (Lipinski definition) is 3. The first-order valence-corrected chi connectivity index (χ1v) is 11.6. The van der Waals surface area contributed by atoms with E-state index in [1.807, 2.05) is 27.7 Å². The van der Waals surface area contributed by atoms with E-state index in [4.69, 9.17) is 0 Å². The van der Waals surface area contributed by atoms with Crippen molar-refractivity contribution in [3.8, 4) is 6.07 Å². The molecular weight excluding hydrogens is 435 g/mol. The second-order valence-corrected chi connectivity index (χ2v) is 12.3. The van der Waals surface area contributed by atoms with E-state index in [1.165, 1.54) is 6.07 Å². The number of halogens is 2. The lowest BCUT2D eigenvalue weighted by Gasteiger charge is -2.36. The molecular formula is C19H26BrFN2OS2. The Morgan fingerprint density at radius 1 is 1.35 bits per heavy atom. The van der Waals surface area contributed by atoms with Crippen LogP contribution < -0.4 is 4.72 Å². The molecule has 144 valence electrons. The lowest BCUT2D eigenvalue weighted by Crippen LogP contribution is -2.49. The zero-order valence-corrected chi connectivity index (χ0v) is 18.9. The van der Waals surface area contributed by atoms with Crippen molar-refractivity contribution in [3.05, 3.63) is 34.1 Å². The minimum Gasteiger partial charge on any atom is -0.242 e. The fourth-order valence-electron chi connectivity index (χ4n) is 2.96. The van der Waals surface area contributed by atoms with Crippen LogP contribution in [-0.4, -0.2) is 19.5 Å². The highest BCUT2D eigenvalue weighted by atomic mass is 79.9. The van der Waals surface area contributed by atoms with Crippen LogP contribution in [0.1, 0.15) is 58.9 Å². The van der Waals surface area contributed by atoms with E-state index in [1.54, 1.807) is 23.9 Å². The van der Waals surface area contributed by atoms with Gasteiger partial charge in [-0.15, -0.1) is 11.8 Å². The maximum Gasteiger partial charge on any atom is 0.128 e. The Hall–Kier alpha value is -0.420. The van der Waals surface area contributed by atoms with Crippen molar-refractivity contribution in [1.82, 2.24) is 4.72 Å². The van der Waals surface area contributed by atoms with Crippen LogP contribution in [0, 0.1) is 17.1 Å². The van der Waals surface area contributed by atoms with Crippen molar-refractivity contribution in [2.24, 2.45) is 0 Å². The summed E-state index contributed by atoms with van der Waals surface area (Å²) in [5.41, 5.74) is -0.397. The minimum absolute atomic E-state index is 0.341. The van der Waals surface area contributed by atoms with E-state index in [-0.39, 0.29) is 5.82 Å². The third-order valence-corrected chi connectivity index (χ3v) is 8.66. The molecule has 1 N–H and O–H groups in total. The van der Waals surface area contributed by atoms with Gasteiger partial charge in [0.1, 0.15) is 10.6 Å². The normalized spacial score (nSPS) is 20.3. The van der Waals surface area contributed by atoms with Crippen LogP contribution >= 0.6 is 27.7 Å². The molecule has 26 heavy (non-hydrogen) atoms. The van der Waals surface area contributed by atoms with Crippen molar-refractivity contribution in [2.45, 2.75) is 68.4 Å². The third kappa shape index (κ3) is 5.09. The lowest BCUT2D eigenvalue weighted by molar-refractivity contribution is 0.462. The topological polar surface area (TPSA) is 52.9 Å². The molecule has 1 fully saturated rings. The highest BCUT2D eigenvalue weighted by Crippen LogP contribution is 2.44. The molecule has 1 aromatic rings. The van der Waals surface area contributed by atoms with Gasteiger partial charge in [0.25, 0.3) is 0 Å². The number of rotatable bonds is 6. The van der Waals surface area contributed by atoms with Gasteiger partial charge in [-0.1, -0.05) is 28.8 Å². The second kappa shape index (κ2) is 8.30. The van der Waals surface area contributed by atoms with E-state index in [9.17, 15) is 13.9 Å². The standard InChI is InChI=1S/C19H26BrFN2OS2/c1-17(2,3)26(24)23-18(4,15-11-14(20)7-8-16(15)21)13-25-19(12-22)9-5-6-10-19/h7-8,11,23H,5-6,9-10,13H2,1-4H3. The summed E-state index contributed by atoms with van der Waals surface area (Å²) in [4.78, 5) is 0. The van der Waals surface area contributed by atoms with Crippen LogP contribution in [-0.2, 0) is 16.5 Å². The molecule has 1 aliphatic rings. The minimum atomic E-state index is -1.37. The first-order valence-electron chi connectivity index (χ1n) is 8.72. The third-order valence-electron chi connectivity index (χ3n) is 4.65. The van der Waals surface area contributed by atoms with Gasteiger partial charge >= 0.3 is 0 Å². The quantitative estimate of drug-likeness (QED) is 0.615. The van der Waals surface area contributed by atoms with Crippen molar-refractivity contribution in [3.63, 3.8) is 0 Å². The van der Waals surface area contributed by atoms with Gasteiger partial charge in [0.2, 0.25) is 0 Å². The Morgan fingerprint density at radius 3 is 2.50 bits per heavy atom. The van der Waals surface area contributed by atoms with Gasteiger partial charge in [0.15, 0.2) is 0 Å². The van der Waals surface area contributed by atoms with Crippen molar-refractivity contribution in [2.75, 3.05) is 5.75 Å². The van der Waals surface area contributed by atoms with Crippen LogP contribution in [0.5, 0.6) is 0 Å². The van der Waals surface area contributed by atoms with Crippen molar-refractivity contribution in [1.29, 1.82) is 5.26 Å².